The fourth-order valence-electron chi connectivity index (χ4n) is 8.66. The summed E-state index contributed by atoms with van der Waals surface area (Å²) in [5, 5.41) is 0. The van der Waals surface area contributed by atoms with Gasteiger partial charge in [-0.3, -0.25) is 38.4 Å². The van der Waals surface area contributed by atoms with Gasteiger partial charge in [0.2, 0.25) is 0 Å². The summed E-state index contributed by atoms with van der Waals surface area (Å²) in [4.78, 5) is 94.2. The zero-order chi connectivity index (χ0) is 63.8. The first-order chi connectivity index (χ1) is 42.8. The Labute approximate surface area is 532 Å². The van der Waals surface area contributed by atoms with Crippen LogP contribution in [0.15, 0.2) is 267 Å². The van der Waals surface area contributed by atoms with Gasteiger partial charge in [-0.15, -0.1) is 0 Å². The van der Waals surface area contributed by atoms with E-state index >= 15 is 0 Å². The van der Waals surface area contributed by atoms with Crippen molar-refractivity contribution in [2.24, 2.45) is 0 Å². The second kappa shape index (κ2) is 39.1. The number of para-hydroxylation sites is 4. The van der Waals surface area contributed by atoms with Crippen LogP contribution in [-0.4, -0.2) is 47.3 Å². The molecule has 8 aromatic rings. The summed E-state index contributed by atoms with van der Waals surface area (Å²) < 4.78 is 0. The normalized spacial score (nSPS) is 12.8. The molecule has 0 bridgehead atoms. The van der Waals surface area contributed by atoms with Crippen LogP contribution in [0, 0.1) is 0 Å². The Hall–Kier alpha value is -10.7. The second-order valence-corrected chi connectivity index (χ2v) is 18.9. The molecule has 0 radical (unpaired) electrons. The number of anilines is 4. The van der Waals surface area contributed by atoms with E-state index in [0.717, 1.165) is 45.3 Å². The first-order valence-corrected chi connectivity index (χ1v) is 29.6. The third-order valence-electron chi connectivity index (χ3n) is 13.4. The molecule has 4 aliphatic heterocycles. The Bertz CT molecular complexity index is 3110. The molecule has 0 N–H and O–H groups in total. The van der Waals surface area contributed by atoms with Crippen molar-refractivity contribution in [3.63, 3.8) is 0 Å². The molecular weight excluding hydrogens is 1120 g/mol. The molecule has 8 aromatic carbocycles. The molecule has 4 heterocycles. The lowest BCUT2D eigenvalue weighted by molar-refractivity contribution is -0.121. The van der Waals surface area contributed by atoms with Gasteiger partial charge < -0.3 is 0 Å². The van der Waals surface area contributed by atoms with Crippen LogP contribution in [-0.2, 0) is 64.0 Å². The third kappa shape index (κ3) is 21.3. The molecule has 8 amide bonds. The van der Waals surface area contributed by atoms with Crippen molar-refractivity contribution in [1.82, 2.24) is 0 Å². The monoisotopic (exact) mass is 1200 g/mol. The zero-order valence-corrected chi connectivity index (χ0v) is 51.3. The fourth-order valence-corrected chi connectivity index (χ4v) is 8.66. The maximum atomic E-state index is 11.2. The maximum absolute atomic E-state index is 11.2. The largest absolute Gasteiger partial charge is 0.269 e. The summed E-state index contributed by atoms with van der Waals surface area (Å²) in [6.07, 6.45) is 14.6. The number of carbonyl (C=O) groups is 8. The minimum atomic E-state index is -0.281. The second-order valence-electron chi connectivity index (χ2n) is 18.9. The summed E-state index contributed by atoms with van der Waals surface area (Å²) in [6.45, 7) is 16.7. The molecule has 0 aromatic heterocycles. The van der Waals surface area contributed by atoms with E-state index in [1.54, 1.807) is 97.1 Å². The highest BCUT2D eigenvalue weighted by atomic mass is 16.2. The molecular formula is C78H84N4O8. The molecule has 90 heavy (non-hydrogen) atoms. The summed E-state index contributed by atoms with van der Waals surface area (Å²) >= 11 is 0. The Morgan fingerprint density at radius 3 is 0.467 bits per heavy atom. The van der Waals surface area contributed by atoms with Crippen molar-refractivity contribution in [1.29, 1.82) is 0 Å². The highest BCUT2D eigenvalue weighted by Crippen LogP contribution is 2.24. The molecule has 0 saturated carbocycles. The van der Waals surface area contributed by atoms with Crippen molar-refractivity contribution in [2.75, 3.05) is 19.6 Å². The Morgan fingerprint density at radius 1 is 0.211 bits per heavy atom. The third-order valence-corrected chi connectivity index (χ3v) is 13.4. The lowest BCUT2D eigenvalue weighted by atomic mass is 10.0. The minimum Gasteiger partial charge on any atom is -0.269 e. The highest BCUT2D eigenvalue weighted by molar-refractivity contribution is 6.30. The summed E-state index contributed by atoms with van der Waals surface area (Å²) in [6, 6.07) is 70.8. The average molecular weight is 1210 g/mol. The van der Waals surface area contributed by atoms with E-state index in [9.17, 15) is 38.4 Å². The van der Waals surface area contributed by atoms with Crippen molar-refractivity contribution < 1.29 is 38.4 Å². The van der Waals surface area contributed by atoms with E-state index in [1.807, 2.05) is 52.0 Å². The van der Waals surface area contributed by atoms with Crippen LogP contribution in [0.4, 0.5) is 22.7 Å². The van der Waals surface area contributed by atoms with E-state index in [4.69, 9.17) is 0 Å². The molecule has 12 rings (SSSR count). The van der Waals surface area contributed by atoms with Gasteiger partial charge in [0.25, 0.3) is 47.3 Å². The quantitative estimate of drug-likeness (QED) is 0.123. The van der Waals surface area contributed by atoms with E-state index in [0.29, 0.717) is 22.7 Å². The van der Waals surface area contributed by atoms with Crippen LogP contribution in [0.2, 0.25) is 0 Å². The average Bonchev–Trinajstić information content (AvgIpc) is 3.72. The van der Waals surface area contributed by atoms with E-state index in [1.165, 1.54) is 93.1 Å². The number of imide groups is 4. The smallest absolute Gasteiger partial charge is 0.258 e. The van der Waals surface area contributed by atoms with Crippen LogP contribution in [0.5, 0.6) is 0 Å². The van der Waals surface area contributed by atoms with Crippen molar-refractivity contribution >= 4 is 70.0 Å². The van der Waals surface area contributed by atoms with Crippen molar-refractivity contribution in [3.05, 3.63) is 289 Å². The van der Waals surface area contributed by atoms with Crippen LogP contribution >= 0.6 is 0 Å². The molecule has 0 atom stereocenters. The zero-order valence-electron chi connectivity index (χ0n) is 51.3. The SMILES string of the molecule is C.C.CC.CC.CCc1ccc(-c2ccc(CC)cc2)cc1.CCc1ccc(-c2ccc(CC)cc2)cc1.O=C1C=CC(=O)N1c1ccccc1.O=C1C=CC(=O)N1c1ccccc1.O=C1C=CC(=O)N1c1ccccc1.O=C1C=CC(=O)N1c1ccccc1. The molecule has 0 fully saturated rings. The van der Waals surface area contributed by atoms with Gasteiger partial charge >= 0.3 is 0 Å². The molecule has 12 nitrogen and oxygen atoms in total. The minimum absolute atomic E-state index is 0. The maximum Gasteiger partial charge on any atom is 0.258 e. The number of rotatable bonds is 10. The molecule has 12 heteroatoms. The number of hydrogen-bond donors (Lipinski definition) is 0. The Balaban J connectivity index is 0.000000278. The van der Waals surface area contributed by atoms with Gasteiger partial charge in [0.15, 0.2) is 0 Å². The number of nitrogens with zero attached hydrogens (tertiary/aromatic N) is 4. The lowest BCUT2D eigenvalue weighted by Gasteiger charge is -2.12. The lowest BCUT2D eigenvalue weighted by Crippen LogP contribution is -2.29. The number of benzene rings is 8. The number of aryl methyl sites for hydroxylation is 4. The number of amides is 8. The predicted molar refractivity (Wildman–Crippen MR) is 370 cm³/mol. The summed E-state index contributed by atoms with van der Waals surface area (Å²) in [5.74, 6) is -2.25. The molecule has 0 aliphatic carbocycles. The first kappa shape index (κ1) is 73.5. The molecule has 0 spiro atoms. The Kier molecular flexibility index (Phi) is 32.0. The van der Waals surface area contributed by atoms with Gasteiger partial charge in [0.05, 0.1) is 22.7 Å². The van der Waals surface area contributed by atoms with Crippen LogP contribution in [0.3, 0.4) is 0 Å². The summed E-state index contributed by atoms with van der Waals surface area (Å²) in [5.41, 5.74) is 13.3. The highest BCUT2D eigenvalue weighted by Gasteiger charge is 2.27. The van der Waals surface area contributed by atoms with Gasteiger partial charge in [-0.05, 0) is 119 Å². The van der Waals surface area contributed by atoms with Crippen molar-refractivity contribution in [3.8, 4) is 22.3 Å². The van der Waals surface area contributed by atoms with E-state index in [2.05, 4.69) is 125 Å². The van der Waals surface area contributed by atoms with Gasteiger partial charge in [-0.25, -0.2) is 19.6 Å². The number of carbonyl (C=O) groups excluding carboxylic acids is 8. The first-order valence-electron chi connectivity index (χ1n) is 29.6. The molecule has 0 unspecified atom stereocenters. The number of hydrogen-bond acceptors (Lipinski definition) is 8. The molecule has 464 valence electrons. The topological polar surface area (TPSA) is 150 Å². The van der Waals surface area contributed by atoms with Crippen LogP contribution in [0.25, 0.3) is 22.3 Å². The molecule has 0 saturated heterocycles. The van der Waals surface area contributed by atoms with E-state index in [-0.39, 0.29) is 62.1 Å². The van der Waals surface area contributed by atoms with Gasteiger partial charge in [-0.2, -0.15) is 0 Å². The van der Waals surface area contributed by atoms with Gasteiger partial charge in [-0.1, -0.05) is 240 Å². The summed E-state index contributed by atoms with van der Waals surface area (Å²) in [7, 11) is 0. The standard InChI is InChI=1S/2C16H18.4C10H7NO2.2C2H6.2CH4/c2*1-3-13-5-9-15(10-6-13)16-11-7-14(4-2)8-12-16;4*12-9-6-7-10(13)11(9)8-4-2-1-3-5-8;2*1-2;;/h2*5-12H,3-4H2,1-2H3;4*1-7H;2*1-2H3;2*1H4. The van der Waals surface area contributed by atoms with Crippen LogP contribution < -0.4 is 19.6 Å². The fraction of sp³-hybridized carbons (Fsp3) is 0.179. The molecule has 4 aliphatic rings. The Morgan fingerprint density at radius 2 is 0.344 bits per heavy atom. The van der Waals surface area contributed by atoms with Gasteiger partial charge in [0, 0.05) is 48.6 Å². The van der Waals surface area contributed by atoms with Crippen molar-refractivity contribution in [2.45, 2.75) is 95.9 Å². The van der Waals surface area contributed by atoms with Gasteiger partial charge in [0.1, 0.15) is 0 Å². The van der Waals surface area contributed by atoms with E-state index < -0.39 is 0 Å². The predicted octanol–water partition coefficient (Wildman–Crippen LogP) is 16.7. The van der Waals surface area contributed by atoms with Crippen LogP contribution in [0.1, 0.15) is 92.5 Å².